The Kier molecular flexibility index (Phi) is 4.44. The van der Waals surface area contributed by atoms with Crippen molar-refractivity contribution in [3.05, 3.63) is 11.8 Å². The van der Waals surface area contributed by atoms with Crippen LogP contribution in [0.4, 0.5) is 0 Å². The summed E-state index contributed by atoms with van der Waals surface area (Å²) in [5.74, 6) is 0. The van der Waals surface area contributed by atoms with E-state index in [0.29, 0.717) is 6.29 Å². The Bertz CT molecular complexity index is 157. The average molecular weight is 161 g/mol. The van der Waals surface area contributed by atoms with Crippen LogP contribution >= 0.6 is 0 Å². The van der Waals surface area contributed by atoms with E-state index in [4.69, 9.17) is 21.1 Å². The minimum absolute atomic E-state index is 0.176. The van der Waals surface area contributed by atoms with Crippen LogP contribution in [0.3, 0.4) is 0 Å². The first-order chi connectivity index (χ1) is 5.11. The monoisotopic (exact) mass is 161 g/mol. The molecule has 0 heterocycles. The third-order valence-electron chi connectivity index (χ3n) is 1.08. The molecule has 0 radical (unpaired) electrons. The number of hydrogen-bond acceptors (Lipinski definition) is 5. The Morgan fingerprint density at radius 3 is 2.45 bits per heavy atom. The highest BCUT2D eigenvalue weighted by molar-refractivity contribution is 5.71. The van der Waals surface area contributed by atoms with E-state index in [-0.39, 0.29) is 5.70 Å². The maximum Gasteiger partial charge on any atom is 0.165 e. The second kappa shape index (κ2) is 4.84. The summed E-state index contributed by atoms with van der Waals surface area (Å²) >= 11 is 0. The van der Waals surface area contributed by atoms with Crippen LogP contribution in [0.2, 0.25) is 0 Å². The predicted octanol–water partition coefficient (Wildman–Crippen LogP) is -2.26. The second-order valence-corrected chi connectivity index (χ2v) is 2.03. The molecule has 0 rings (SSSR count). The van der Waals surface area contributed by atoms with E-state index < -0.39 is 18.8 Å². The Morgan fingerprint density at radius 1 is 1.55 bits per heavy atom. The summed E-state index contributed by atoms with van der Waals surface area (Å²) in [6.45, 7) is -0.580. The molecule has 0 aromatic rings. The van der Waals surface area contributed by atoms with Gasteiger partial charge in [-0.25, -0.2) is 0 Å². The van der Waals surface area contributed by atoms with Crippen LogP contribution in [0.25, 0.3) is 0 Å². The van der Waals surface area contributed by atoms with Gasteiger partial charge in [0.2, 0.25) is 0 Å². The highest BCUT2D eigenvalue weighted by atomic mass is 16.4. The minimum Gasteiger partial charge on any atom is -0.396 e. The molecule has 0 fully saturated rings. The molecule has 0 aromatic carbocycles. The zero-order chi connectivity index (χ0) is 8.85. The third kappa shape index (κ3) is 3.72. The van der Waals surface area contributed by atoms with Gasteiger partial charge in [-0.05, 0) is 6.08 Å². The number of nitrogens with two attached hydrogens (primary N) is 1. The molecule has 0 saturated heterocycles. The Balaban J connectivity index is 4.03. The number of carbonyl (C=O) groups is 1. The van der Waals surface area contributed by atoms with Gasteiger partial charge in [-0.15, -0.1) is 0 Å². The smallest absolute Gasteiger partial charge is 0.165 e. The van der Waals surface area contributed by atoms with Crippen LogP contribution in [0.15, 0.2) is 11.8 Å². The van der Waals surface area contributed by atoms with Gasteiger partial charge < -0.3 is 21.1 Å². The molecule has 0 bridgehead atoms. The fraction of sp³-hybridized carbons (Fsp3) is 0.500. The number of hydrogen-bond donors (Lipinski definition) is 4. The van der Waals surface area contributed by atoms with Crippen molar-refractivity contribution in [2.75, 3.05) is 6.61 Å². The normalized spacial score (nSPS) is 17.5. The number of aliphatic hydroxyl groups excluding tert-OH is 3. The molecule has 0 aliphatic rings. The quantitative estimate of drug-likeness (QED) is 0.275. The summed E-state index contributed by atoms with van der Waals surface area (Å²) in [6, 6.07) is 0. The van der Waals surface area contributed by atoms with Crippen LogP contribution < -0.4 is 5.73 Å². The minimum atomic E-state index is -1.30. The lowest BCUT2D eigenvalue weighted by Crippen LogP contribution is -2.28. The van der Waals surface area contributed by atoms with E-state index in [9.17, 15) is 4.79 Å². The largest absolute Gasteiger partial charge is 0.396 e. The average Bonchev–Trinajstić information content (AvgIpc) is 2.02. The van der Waals surface area contributed by atoms with Crippen molar-refractivity contribution in [1.29, 1.82) is 0 Å². The SMILES string of the molecule is NC(C=O)=C[C@H](O)[C@H](O)CO. The summed E-state index contributed by atoms with van der Waals surface area (Å²) < 4.78 is 0. The van der Waals surface area contributed by atoms with Crippen LogP contribution in [0.1, 0.15) is 0 Å². The van der Waals surface area contributed by atoms with Gasteiger partial charge in [0.1, 0.15) is 12.2 Å². The van der Waals surface area contributed by atoms with Crippen LogP contribution in [0, 0.1) is 0 Å². The molecule has 64 valence electrons. The molecule has 5 heteroatoms. The lowest BCUT2D eigenvalue weighted by atomic mass is 10.2. The van der Waals surface area contributed by atoms with Crippen molar-refractivity contribution in [1.82, 2.24) is 0 Å². The Morgan fingerprint density at radius 2 is 2.09 bits per heavy atom. The molecule has 0 aliphatic carbocycles. The topological polar surface area (TPSA) is 104 Å². The highest BCUT2D eigenvalue weighted by Gasteiger charge is 2.11. The second-order valence-electron chi connectivity index (χ2n) is 2.03. The summed E-state index contributed by atoms with van der Waals surface area (Å²) in [5, 5.41) is 26.0. The summed E-state index contributed by atoms with van der Waals surface area (Å²) in [5.41, 5.74) is 4.83. The standard InChI is InChI=1S/C6H11NO4/c7-4(2-8)1-5(10)6(11)3-9/h1-2,5-6,9-11H,3,7H2/t5-,6+/m0/s1. The molecular formula is C6H11NO4. The van der Waals surface area contributed by atoms with Crippen molar-refractivity contribution in [3.8, 4) is 0 Å². The molecule has 0 amide bonds. The van der Waals surface area contributed by atoms with Gasteiger partial charge in [-0.1, -0.05) is 0 Å². The van der Waals surface area contributed by atoms with Crippen LogP contribution in [-0.2, 0) is 4.79 Å². The van der Waals surface area contributed by atoms with Gasteiger partial charge >= 0.3 is 0 Å². The molecule has 5 nitrogen and oxygen atoms in total. The number of carbonyl (C=O) groups excluding carboxylic acids is 1. The first-order valence-corrected chi connectivity index (χ1v) is 3.01. The molecule has 2 atom stereocenters. The molecule has 0 unspecified atom stereocenters. The van der Waals surface area contributed by atoms with E-state index in [0.717, 1.165) is 6.08 Å². The predicted molar refractivity (Wildman–Crippen MR) is 37.4 cm³/mol. The van der Waals surface area contributed by atoms with Crippen LogP contribution in [-0.4, -0.2) is 40.4 Å². The summed E-state index contributed by atoms with van der Waals surface area (Å²) in [4.78, 5) is 9.90. The van der Waals surface area contributed by atoms with Gasteiger partial charge in [0.05, 0.1) is 12.3 Å². The lowest BCUT2D eigenvalue weighted by Gasteiger charge is -2.10. The fourth-order valence-corrected chi connectivity index (χ4v) is 0.456. The molecule has 5 N–H and O–H groups in total. The summed E-state index contributed by atoms with van der Waals surface area (Å²) in [6.07, 6.45) is -1.29. The molecule has 0 spiro atoms. The van der Waals surface area contributed by atoms with Crippen molar-refractivity contribution in [2.45, 2.75) is 12.2 Å². The lowest BCUT2D eigenvalue weighted by molar-refractivity contribution is -0.105. The van der Waals surface area contributed by atoms with Gasteiger partial charge in [-0.2, -0.15) is 0 Å². The molecule has 0 saturated carbocycles. The van der Waals surface area contributed by atoms with E-state index in [1.54, 1.807) is 0 Å². The molecular weight excluding hydrogens is 150 g/mol. The molecule has 0 aliphatic heterocycles. The number of rotatable bonds is 4. The van der Waals surface area contributed by atoms with Crippen molar-refractivity contribution >= 4 is 6.29 Å². The van der Waals surface area contributed by atoms with E-state index >= 15 is 0 Å². The van der Waals surface area contributed by atoms with Gasteiger partial charge in [0.15, 0.2) is 6.29 Å². The van der Waals surface area contributed by atoms with Crippen LogP contribution in [0.5, 0.6) is 0 Å². The van der Waals surface area contributed by atoms with Crippen molar-refractivity contribution in [3.63, 3.8) is 0 Å². The van der Waals surface area contributed by atoms with E-state index in [1.165, 1.54) is 0 Å². The van der Waals surface area contributed by atoms with E-state index in [1.807, 2.05) is 0 Å². The zero-order valence-electron chi connectivity index (χ0n) is 5.84. The Labute approximate surface area is 63.8 Å². The molecule has 11 heavy (non-hydrogen) atoms. The van der Waals surface area contributed by atoms with Gasteiger partial charge in [0, 0.05) is 0 Å². The van der Waals surface area contributed by atoms with Gasteiger partial charge in [-0.3, -0.25) is 4.79 Å². The Hall–Kier alpha value is -0.910. The number of aldehydes is 1. The number of aliphatic hydroxyl groups is 3. The molecule has 0 aromatic heterocycles. The summed E-state index contributed by atoms with van der Waals surface area (Å²) in [7, 11) is 0. The fourth-order valence-electron chi connectivity index (χ4n) is 0.456. The first-order valence-electron chi connectivity index (χ1n) is 3.01. The van der Waals surface area contributed by atoms with Gasteiger partial charge in [0.25, 0.3) is 0 Å². The first kappa shape index (κ1) is 10.1. The maximum absolute atomic E-state index is 9.90. The third-order valence-corrected chi connectivity index (χ3v) is 1.08. The zero-order valence-corrected chi connectivity index (χ0v) is 5.84. The highest BCUT2D eigenvalue weighted by Crippen LogP contribution is 1.95. The van der Waals surface area contributed by atoms with E-state index in [2.05, 4.69) is 0 Å². The maximum atomic E-state index is 9.90. The number of allylic oxidation sites excluding steroid dienone is 1. The van der Waals surface area contributed by atoms with Crippen molar-refractivity contribution in [2.24, 2.45) is 5.73 Å². The van der Waals surface area contributed by atoms with Crippen molar-refractivity contribution < 1.29 is 20.1 Å².